The number of carbonyl (C=O) groups excluding carboxylic acids is 1. The van der Waals surface area contributed by atoms with E-state index >= 15 is 0 Å². The van der Waals surface area contributed by atoms with Crippen LogP contribution in [0.5, 0.6) is 5.75 Å². The number of sulfone groups is 1. The molecule has 4 aromatic rings. The molecule has 0 aliphatic rings. The van der Waals surface area contributed by atoms with Gasteiger partial charge in [-0.15, -0.1) is 0 Å². The van der Waals surface area contributed by atoms with Crippen LogP contribution in [0.3, 0.4) is 0 Å². The molecule has 1 heterocycles. The predicted molar refractivity (Wildman–Crippen MR) is 164 cm³/mol. The molecule has 1 atom stereocenters. The number of aromatic nitrogens is 1. The molecule has 0 aliphatic heterocycles. The smallest absolute Gasteiger partial charge is 0.416 e. The van der Waals surface area contributed by atoms with Crippen molar-refractivity contribution >= 4 is 38.8 Å². The number of ether oxygens (including phenoxy) is 1. The minimum atomic E-state index is -4.48. The fourth-order valence-corrected chi connectivity index (χ4v) is 5.90. The summed E-state index contributed by atoms with van der Waals surface area (Å²) in [4.78, 5) is 17.8. The lowest BCUT2D eigenvalue weighted by Gasteiger charge is -2.22. The zero-order chi connectivity index (χ0) is 32.3. The van der Waals surface area contributed by atoms with Gasteiger partial charge in [-0.1, -0.05) is 42.5 Å². The largest absolute Gasteiger partial charge is 0.508 e. The highest BCUT2D eigenvalue weighted by Crippen LogP contribution is 2.33. The molecule has 7 nitrogen and oxygen atoms in total. The molecular weight excluding hydrogens is 593 g/mol. The van der Waals surface area contributed by atoms with Gasteiger partial charge in [0.15, 0.2) is 9.84 Å². The molecular formula is C33H33F3N2O5S. The SMILES string of the molecule is COC[C@H](Cc1ccc(O)cc1)NC(=O)c1cc(S(=O)(=O)C(C)(C)C)c2cc(/C=C/c3cccc(C(F)(F)F)c3)ccc2n1. The van der Waals surface area contributed by atoms with E-state index in [0.717, 1.165) is 17.7 Å². The molecule has 2 N–H and O–H groups in total. The predicted octanol–water partition coefficient (Wildman–Crippen LogP) is 6.69. The van der Waals surface area contributed by atoms with Crippen LogP contribution in [0.2, 0.25) is 0 Å². The van der Waals surface area contributed by atoms with Crippen molar-refractivity contribution in [1.29, 1.82) is 0 Å². The number of rotatable bonds is 9. The number of hydrogen-bond acceptors (Lipinski definition) is 6. The Bertz CT molecular complexity index is 1800. The van der Waals surface area contributed by atoms with Crippen molar-refractivity contribution in [3.05, 3.63) is 101 Å². The lowest BCUT2D eigenvalue weighted by atomic mass is 10.1. The first-order chi connectivity index (χ1) is 20.6. The number of carbonyl (C=O) groups is 1. The van der Waals surface area contributed by atoms with E-state index < -0.39 is 38.3 Å². The van der Waals surface area contributed by atoms with Crippen LogP contribution in [0.1, 0.15) is 53.5 Å². The average Bonchev–Trinajstić information content (AvgIpc) is 2.95. The Balaban J connectivity index is 1.72. The fourth-order valence-electron chi connectivity index (χ4n) is 4.52. The Morgan fingerprint density at radius 2 is 1.64 bits per heavy atom. The molecule has 0 saturated heterocycles. The number of benzene rings is 3. The molecule has 0 fully saturated rings. The van der Waals surface area contributed by atoms with E-state index in [0.29, 0.717) is 17.5 Å². The number of methoxy groups -OCH3 is 1. The molecule has 44 heavy (non-hydrogen) atoms. The van der Waals surface area contributed by atoms with Gasteiger partial charge in [-0.05, 0) is 86.3 Å². The van der Waals surface area contributed by atoms with Crippen molar-refractivity contribution in [2.24, 2.45) is 0 Å². The van der Waals surface area contributed by atoms with Crippen molar-refractivity contribution in [2.45, 2.75) is 49.1 Å². The highest BCUT2D eigenvalue weighted by atomic mass is 32.2. The summed E-state index contributed by atoms with van der Waals surface area (Å²) in [5.41, 5.74) is 1.10. The summed E-state index contributed by atoms with van der Waals surface area (Å²) in [6, 6.07) is 17.0. The summed E-state index contributed by atoms with van der Waals surface area (Å²) >= 11 is 0. The topological polar surface area (TPSA) is 106 Å². The number of phenolic OH excluding ortho intramolecular Hbond substituents is 1. The molecule has 4 rings (SSSR count). The summed E-state index contributed by atoms with van der Waals surface area (Å²) in [5, 5.41) is 12.7. The lowest BCUT2D eigenvalue weighted by molar-refractivity contribution is -0.137. The van der Waals surface area contributed by atoms with Gasteiger partial charge in [0, 0.05) is 12.5 Å². The number of alkyl halides is 3. The van der Waals surface area contributed by atoms with Gasteiger partial charge < -0.3 is 15.2 Å². The summed E-state index contributed by atoms with van der Waals surface area (Å²) in [7, 11) is -2.48. The highest BCUT2D eigenvalue weighted by Gasteiger charge is 2.34. The molecule has 0 bridgehead atoms. The van der Waals surface area contributed by atoms with E-state index in [1.807, 2.05) is 0 Å². The summed E-state index contributed by atoms with van der Waals surface area (Å²) in [6.07, 6.45) is -0.995. The minimum absolute atomic E-state index is 0.0868. The van der Waals surface area contributed by atoms with Crippen LogP contribution in [0.4, 0.5) is 13.2 Å². The van der Waals surface area contributed by atoms with E-state index in [2.05, 4.69) is 10.3 Å². The van der Waals surface area contributed by atoms with Crippen LogP contribution in [-0.4, -0.2) is 48.9 Å². The van der Waals surface area contributed by atoms with Gasteiger partial charge >= 0.3 is 6.18 Å². The van der Waals surface area contributed by atoms with E-state index in [-0.39, 0.29) is 33.8 Å². The molecule has 0 spiro atoms. The van der Waals surface area contributed by atoms with Gasteiger partial charge in [0.1, 0.15) is 11.4 Å². The molecule has 0 unspecified atom stereocenters. The van der Waals surface area contributed by atoms with Gasteiger partial charge in [0.2, 0.25) is 0 Å². The molecule has 11 heteroatoms. The average molecular weight is 627 g/mol. The normalized spacial score (nSPS) is 13.3. The Labute approximate surface area is 254 Å². The Morgan fingerprint density at radius 3 is 2.25 bits per heavy atom. The maximum absolute atomic E-state index is 13.7. The van der Waals surface area contributed by atoms with Gasteiger partial charge in [-0.25, -0.2) is 13.4 Å². The van der Waals surface area contributed by atoms with Crippen LogP contribution in [0.25, 0.3) is 23.1 Å². The third kappa shape index (κ3) is 7.64. The van der Waals surface area contributed by atoms with Crippen molar-refractivity contribution in [1.82, 2.24) is 10.3 Å². The van der Waals surface area contributed by atoms with E-state index in [9.17, 15) is 31.5 Å². The standard InChI is InChI=1S/C33H33F3N2O5S/c1-32(2,3)44(41,42)30-19-29(31(40)37-25(20-43-4)17-22-10-13-26(39)14-11-22)38-28-15-12-23(18-27(28)30)9-8-21-6-5-7-24(16-21)33(34,35)36/h5-16,18-19,25,39H,17,20H2,1-4H3,(H,37,40)/b9-8+/t25-/m0/s1. The van der Waals surface area contributed by atoms with Gasteiger partial charge in [0.25, 0.3) is 5.91 Å². The molecule has 0 saturated carbocycles. The number of hydrogen-bond donors (Lipinski definition) is 2. The van der Waals surface area contributed by atoms with E-state index in [1.165, 1.54) is 31.4 Å². The second-order valence-electron chi connectivity index (χ2n) is 11.4. The highest BCUT2D eigenvalue weighted by molar-refractivity contribution is 7.93. The molecule has 0 radical (unpaired) electrons. The molecule has 232 valence electrons. The summed E-state index contributed by atoms with van der Waals surface area (Å²) < 4.78 is 70.9. The molecule has 3 aromatic carbocycles. The van der Waals surface area contributed by atoms with Crippen molar-refractivity contribution in [2.75, 3.05) is 13.7 Å². The Morgan fingerprint density at radius 1 is 0.977 bits per heavy atom. The summed E-state index contributed by atoms with van der Waals surface area (Å²) in [5.74, 6) is -0.477. The Kier molecular flexibility index (Phi) is 9.50. The first-order valence-corrected chi connectivity index (χ1v) is 15.2. The first-order valence-electron chi connectivity index (χ1n) is 13.7. The van der Waals surface area contributed by atoms with Crippen molar-refractivity contribution in [3.8, 4) is 5.75 Å². The maximum atomic E-state index is 13.7. The third-order valence-electron chi connectivity index (χ3n) is 6.93. The number of amides is 1. The number of halogens is 3. The zero-order valence-electron chi connectivity index (χ0n) is 24.6. The van der Waals surface area contributed by atoms with Gasteiger partial charge in [-0.3, -0.25) is 4.79 Å². The Hall–Kier alpha value is -4.22. The second-order valence-corrected chi connectivity index (χ2v) is 14.0. The van der Waals surface area contributed by atoms with E-state index in [4.69, 9.17) is 4.74 Å². The number of pyridine rings is 1. The first kappa shape index (κ1) is 32.7. The lowest BCUT2D eigenvalue weighted by Crippen LogP contribution is -2.40. The summed E-state index contributed by atoms with van der Waals surface area (Å²) in [6.45, 7) is 4.84. The number of nitrogens with one attached hydrogen (secondary N) is 1. The van der Waals surface area contributed by atoms with Crippen LogP contribution in [-0.2, 0) is 27.2 Å². The number of nitrogens with zero attached hydrogens (tertiary/aromatic N) is 1. The van der Waals surface area contributed by atoms with Crippen molar-refractivity contribution in [3.63, 3.8) is 0 Å². The van der Waals surface area contributed by atoms with Crippen LogP contribution < -0.4 is 5.32 Å². The molecule has 0 aliphatic carbocycles. The van der Waals surface area contributed by atoms with Gasteiger partial charge in [0.05, 0.1) is 33.4 Å². The fraction of sp³-hybridized carbons (Fsp3) is 0.273. The quantitative estimate of drug-likeness (QED) is 0.201. The number of aromatic hydroxyl groups is 1. The van der Waals surface area contributed by atoms with Crippen molar-refractivity contribution < 1.29 is 36.2 Å². The maximum Gasteiger partial charge on any atom is 0.416 e. The van der Waals surface area contributed by atoms with E-state index in [1.54, 1.807) is 69.3 Å². The van der Waals surface area contributed by atoms with Crippen LogP contribution in [0.15, 0.2) is 77.7 Å². The number of phenols is 1. The van der Waals surface area contributed by atoms with Crippen LogP contribution in [0, 0.1) is 0 Å². The molecule has 1 aromatic heterocycles. The second kappa shape index (κ2) is 12.8. The number of fused-ring (bicyclic) bond motifs is 1. The molecule has 1 amide bonds. The van der Waals surface area contributed by atoms with Crippen LogP contribution >= 0.6 is 0 Å². The minimum Gasteiger partial charge on any atom is -0.508 e. The zero-order valence-corrected chi connectivity index (χ0v) is 25.5. The third-order valence-corrected chi connectivity index (χ3v) is 9.46. The van der Waals surface area contributed by atoms with Gasteiger partial charge in [-0.2, -0.15) is 13.2 Å². The monoisotopic (exact) mass is 626 g/mol.